The zero-order valence-electron chi connectivity index (χ0n) is 16.3. The molecule has 0 radical (unpaired) electrons. The summed E-state index contributed by atoms with van der Waals surface area (Å²) in [5, 5.41) is 4.64. The summed E-state index contributed by atoms with van der Waals surface area (Å²) < 4.78 is 1.84. The Bertz CT molecular complexity index is 922. The highest BCUT2D eigenvalue weighted by atomic mass is 16.2. The average molecular weight is 365 g/mol. The maximum absolute atomic E-state index is 13.3. The van der Waals surface area contributed by atoms with Gasteiger partial charge in [-0.15, -0.1) is 0 Å². The number of nitrogens with one attached hydrogen (secondary N) is 1. The molecule has 0 spiro atoms. The first-order chi connectivity index (χ1) is 13.1. The van der Waals surface area contributed by atoms with Crippen molar-refractivity contribution in [2.24, 2.45) is 5.92 Å². The van der Waals surface area contributed by atoms with Crippen LogP contribution in [0.1, 0.15) is 61.7 Å². The number of imidazole rings is 1. The summed E-state index contributed by atoms with van der Waals surface area (Å²) >= 11 is 0. The summed E-state index contributed by atoms with van der Waals surface area (Å²) in [6.45, 7) is 7.83. The third-order valence-corrected chi connectivity index (χ3v) is 5.20. The Labute approximate surface area is 159 Å². The molecule has 0 bridgehead atoms. The molecule has 1 saturated heterocycles. The average Bonchev–Trinajstić information content (AvgIpc) is 3.37. The fourth-order valence-corrected chi connectivity index (χ4v) is 3.97. The lowest BCUT2D eigenvalue weighted by Gasteiger charge is -2.23. The van der Waals surface area contributed by atoms with E-state index in [1.54, 1.807) is 0 Å². The molecule has 142 valence electrons. The summed E-state index contributed by atoms with van der Waals surface area (Å²) in [7, 11) is 0. The van der Waals surface area contributed by atoms with E-state index >= 15 is 0 Å². The quantitative estimate of drug-likeness (QED) is 0.744. The maximum atomic E-state index is 13.3. The number of aryl methyl sites for hydroxylation is 1. The van der Waals surface area contributed by atoms with Gasteiger partial charge < -0.3 is 9.88 Å². The van der Waals surface area contributed by atoms with E-state index in [9.17, 15) is 4.79 Å². The number of fused-ring (bicyclic) bond motifs is 1. The van der Waals surface area contributed by atoms with Crippen molar-refractivity contribution in [1.82, 2.24) is 24.6 Å². The van der Waals surface area contributed by atoms with Crippen molar-refractivity contribution in [3.63, 3.8) is 0 Å². The van der Waals surface area contributed by atoms with Crippen LogP contribution < -0.4 is 0 Å². The highest BCUT2D eigenvalue weighted by Crippen LogP contribution is 2.32. The number of amides is 1. The van der Waals surface area contributed by atoms with Crippen molar-refractivity contribution < 1.29 is 4.79 Å². The van der Waals surface area contributed by atoms with E-state index in [1.807, 2.05) is 46.8 Å². The minimum atomic E-state index is -0.00125. The lowest BCUT2D eigenvalue weighted by atomic mass is 10.1. The van der Waals surface area contributed by atoms with Crippen molar-refractivity contribution in [3.8, 4) is 0 Å². The van der Waals surface area contributed by atoms with E-state index in [0.29, 0.717) is 18.2 Å². The Morgan fingerprint density at radius 3 is 2.89 bits per heavy atom. The Morgan fingerprint density at radius 2 is 2.15 bits per heavy atom. The van der Waals surface area contributed by atoms with Crippen molar-refractivity contribution in [2.45, 2.75) is 52.6 Å². The number of carbonyl (C=O) groups is 1. The Morgan fingerprint density at radius 1 is 1.33 bits per heavy atom. The molecular weight excluding hydrogens is 338 g/mol. The first-order valence-corrected chi connectivity index (χ1v) is 9.89. The van der Waals surface area contributed by atoms with E-state index < -0.39 is 0 Å². The highest BCUT2D eigenvalue weighted by molar-refractivity contribution is 5.93. The molecule has 1 aliphatic heterocycles. The highest BCUT2D eigenvalue weighted by Gasteiger charge is 2.34. The second kappa shape index (κ2) is 7.18. The molecule has 3 aromatic rings. The Balaban J connectivity index is 1.63. The number of benzene rings is 1. The van der Waals surface area contributed by atoms with Gasteiger partial charge in [0.05, 0.1) is 22.8 Å². The molecule has 6 nitrogen and oxygen atoms in total. The second-order valence-corrected chi connectivity index (χ2v) is 7.73. The van der Waals surface area contributed by atoms with Crippen LogP contribution in [0.5, 0.6) is 0 Å². The number of H-pyrrole nitrogens is 1. The van der Waals surface area contributed by atoms with Crippen molar-refractivity contribution >= 4 is 16.9 Å². The summed E-state index contributed by atoms with van der Waals surface area (Å²) in [6.07, 6.45) is 2.82. The van der Waals surface area contributed by atoms with Gasteiger partial charge in [0.25, 0.3) is 5.91 Å². The third kappa shape index (κ3) is 3.36. The van der Waals surface area contributed by atoms with Gasteiger partial charge in [-0.1, -0.05) is 26.0 Å². The summed E-state index contributed by atoms with van der Waals surface area (Å²) in [5.41, 5.74) is 3.65. The Kier molecular flexibility index (Phi) is 4.72. The summed E-state index contributed by atoms with van der Waals surface area (Å²) in [5.74, 6) is 1.46. The van der Waals surface area contributed by atoms with Crippen LogP contribution in [0.4, 0.5) is 0 Å². The van der Waals surface area contributed by atoms with Gasteiger partial charge in [-0.05, 0) is 50.3 Å². The van der Waals surface area contributed by atoms with E-state index in [-0.39, 0.29) is 11.9 Å². The molecule has 4 rings (SSSR count). The van der Waals surface area contributed by atoms with E-state index in [2.05, 4.69) is 23.9 Å². The van der Waals surface area contributed by atoms with Crippen LogP contribution in [0.15, 0.2) is 30.3 Å². The fraction of sp³-hybridized carbons (Fsp3) is 0.476. The largest absolute Gasteiger partial charge is 0.340 e. The third-order valence-electron chi connectivity index (χ3n) is 5.20. The van der Waals surface area contributed by atoms with Crippen LogP contribution in [0.3, 0.4) is 0 Å². The predicted octanol–water partition coefficient (Wildman–Crippen LogP) is 3.96. The van der Waals surface area contributed by atoms with Gasteiger partial charge in [-0.2, -0.15) is 5.10 Å². The molecule has 1 unspecified atom stereocenters. The number of rotatable bonds is 5. The summed E-state index contributed by atoms with van der Waals surface area (Å²) in [6, 6.07) is 9.98. The molecule has 3 heterocycles. The lowest BCUT2D eigenvalue weighted by Crippen LogP contribution is -2.32. The minimum Gasteiger partial charge on any atom is -0.340 e. The van der Waals surface area contributed by atoms with Crippen LogP contribution in [0.25, 0.3) is 11.0 Å². The smallest absolute Gasteiger partial charge is 0.272 e. The molecule has 1 N–H and O–H groups in total. The molecule has 0 saturated carbocycles. The normalized spacial score (nSPS) is 17.3. The van der Waals surface area contributed by atoms with Crippen molar-refractivity contribution in [1.29, 1.82) is 0 Å². The zero-order valence-corrected chi connectivity index (χ0v) is 16.3. The van der Waals surface area contributed by atoms with Crippen LogP contribution >= 0.6 is 0 Å². The van der Waals surface area contributed by atoms with Crippen LogP contribution in [0.2, 0.25) is 0 Å². The van der Waals surface area contributed by atoms with Crippen molar-refractivity contribution in [3.05, 3.63) is 47.5 Å². The Hall–Kier alpha value is -2.63. The molecular formula is C21H27N5O. The lowest BCUT2D eigenvalue weighted by molar-refractivity contribution is 0.0718. The molecule has 27 heavy (non-hydrogen) atoms. The van der Waals surface area contributed by atoms with Crippen LogP contribution in [0, 0.1) is 5.92 Å². The van der Waals surface area contributed by atoms with Gasteiger partial charge in [0, 0.05) is 13.1 Å². The molecule has 1 atom stereocenters. The van der Waals surface area contributed by atoms with Gasteiger partial charge >= 0.3 is 0 Å². The van der Waals surface area contributed by atoms with Gasteiger partial charge in [0.15, 0.2) is 0 Å². The number of nitrogens with zero attached hydrogens (tertiary/aromatic N) is 4. The number of hydrogen-bond donors (Lipinski definition) is 1. The number of carbonyl (C=O) groups excluding carboxylic acids is 1. The molecule has 1 aliphatic rings. The minimum absolute atomic E-state index is 0.00125. The number of likely N-dealkylation sites (tertiary alicyclic amines) is 1. The predicted molar refractivity (Wildman–Crippen MR) is 106 cm³/mol. The molecule has 1 amide bonds. The maximum Gasteiger partial charge on any atom is 0.272 e. The van der Waals surface area contributed by atoms with E-state index in [0.717, 1.165) is 48.4 Å². The number of aromatic nitrogens is 4. The molecule has 6 heteroatoms. The topological polar surface area (TPSA) is 66.8 Å². The fourth-order valence-electron chi connectivity index (χ4n) is 3.97. The van der Waals surface area contributed by atoms with Gasteiger partial charge in [-0.3, -0.25) is 9.48 Å². The van der Waals surface area contributed by atoms with Crippen molar-refractivity contribution in [2.75, 3.05) is 6.54 Å². The summed E-state index contributed by atoms with van der Waals surface area (Å²) in [4.78, 5) is 23.4. The second-order valence-electron chi connectivity index (χ2n) is 7.73. The first kappa shape index (κ1) is 17.8. The van der Waals surface area contributed by atoms with Crippen LogP contribution in [-0.2, 0) is 13.0 Å². The number of hydrogen-bond acceptors (Lipinski definition) is 3. The molecule has 1 aromatic carbocycles. The molecule has 2 aromatic heterocycles. The SMILES string of the molecule is CCn1nc(CC(C)C)cc1C(=O)N1CCCC1c1nc2ccccc2[nH]1. The van der Waals surface area contributed by atoms with Gasteiger partial charge in [0.1, 0.15) is 11.5 Å². The van der Waals surface area contributed by atoms with Gasteiger partial charge in [0.2, 0.25) is 0 Å². The number of para-hydroxylation sites is 2. The molecule has 1 fully saturated rings. The van der Waals surface area contributed by atoms with E-state index in [4.69, 9.17) is 4.98 Å². The first-order valence-electron chi connectivity index (χ1n) is 9.89. The van der Waals surface area contributed by atoms with Gasteiger partial charge in [-0.25, -0.2) is 4.98 Å². The van der Waals surface area contributed by atoms with E-state index in [1.165, 1.54) is 0 Å². The van der Waals surface area contributed by atoms with Crippen LogP contribution in [-0.4, -0.2) is 37.1 Å². The molecule has 0 aliphatic carbocycles. The number of aromatic amines is 1. The standard InChI is InChI=1S/C21H27N5O/c1-4-26-19(13-15(24-26)12-14(2)3)21(27)25-11-7-10-18(25)20-22-16-8-5-6-9-17(16)23-20/h5-6,8-9,13-14,18H,4,7,10-12H2,1-3H3,(H,22,23). The zero-order chi connectivity index (χ0) is 19.0. The monoisotopic (exact) mass is 365 g/mol.